The number of allylic oxidation sites excluding steroid dienone is 2. The summed E-state index contributed by atoms with van der Waals surface area (Å²) in [6.45, 7) is 5.27. The third kappa shape index (κ3) is 3.92. The molecule has 0 aromatic heterocycles. The van der Waals surface area contributed by atoms with E-state index in [1.54, 1.807) is 4.90 Å². The van der Waals surface area contributed by atoms with Crippen LogP contribution >= 0.6 is 0 Å². The van der Waals surface area contributed by atoms with Gasteiger partial charge in [-0.3, -0.25) is 9.59 Å². The predicted octanol–water partition coefficient (Wildman–Crippen LogP) is 2.89. The predicted molar refractivity (Wildman–Crippen MR) is 85.1 cm³/mol. The molecule has 2 aliphatic rings. The molecule has 2 unspecified atom stereocenters. The summed E-state index contributed by atoms with van der Waals surface area (Å²) in [7, 11) is 0. The Kier molecular flexibility index (Phi) is 6.19. The number of unbranched alkanes of at least 4 members (excludes halogenated alkanes) is 2. The summed E-state index contributed by atoms with van der Waals surface area (Å²) < 4.78 is 0. The summed E-state index contributed by atoms with van der Waals surface area (Å²) in [6.07, 6.45) is 7.98. The Morgan fingerprint density at radius 1 is 1.09 bits per heavy atom. The number of imide groups is 1. The first-order valence-electron chi connectivity index (χ1n) is 8.59. The van der Waals surface area contributed by atoms with Gasteiger partial charge in [0.05, 0.1) is 11.8 Å². The molecule has 1 aliphatic carbocycles. The van der Waals surface area contributed by atoms with Crippen LogP contribution in [-0.2, 0) is 14.4 Å². The van der Waals surface area contributed by atoms with Gasteiger partial charge in [0, 0.05) is 13.1 Å². The molecule has 3 amide bonds. The second-order valence-corrected chi connectivity index (χ2v) is 6.18. The number of fused-ring (bicyclic) bond motifs is 1. The van der Waals surface area contributed by atoms with Crippen molar-refractivity contribution in [3.63, 3.8) is 0 Å². The lowest BCUT2D eigenvalue weighted by Crippen LogP contribution is -2.41. The number of carbonyl (C=O) groups excluding carboxylic acids is 3. The standard InChI is InChI=1S/C17H26N2O4/c1-3-5-11-18(12-6-4-2)17(22)23-19-15(20)13-9-7-8-10-14(13)16(19)21/h7-8,13-14H,3-6,9-12H2,1-2H3. The van der Waals surface area contributed by atoms with Crippen molar-refractivity contribution in [3.8, 4) is 0 Å². The number of carbonyl (C=O) groups is 3. The Morgan fingerprint density at radius 3 is 2.00 bits per heavy atom. The van der Waals surface area contributed by atoms with Crippen molar-refractivity contribution >= 4 is 17.9 Å². The van der Waals surface area contributed by atoms with Gasteiger partial charge in [0.15, 0.2) is 0 Å². The van der Waals surface area contributed by atoms with Gasteiger partial charge in [-0.2, -0.15) is 0 Å². The lowest BCUT2D eigenvalue weighted by Gasteiger charge is -2.23. The highest BCUT2D eigenvalue weighted by molar-refractivity contribution is 6.05. The Hall–Kier alpha value is -1.85. The second-order valence-electron chi connectivity index (χ2n) is 6.18. The Bertz CT molecular complexity index is 455. The second kappa shape index (κ2) is 8.13. The molecule has 1 aliphatic heterocycles. The number of rotatable bonds is 7. The van der Waals surface area contributed by atoms with Crippen LogP contribution in [0.1, 0.15) is 52.4 Å². The Balaban J connectivity index is 1.99. The quantitative estimate of drug-likeness (QED) is 0.534. The maximum atomic E-state index is 12.3. The van der Waals surface area contributed by atoms with Crippen molar-refractivity contribution in [2.75, 3.05) is 13.1 Å². The van der Waals surface area contributed by atoms with Crippen LogP contribution in [-0.4, -0.2) is 41.0 Å². The highest BCUT2D eigenvalue weighted by atomic mass is 16.7. The molecular formula is C17H26N2O4. The van der Waals surface area contributed by atoms with E-state index in [4.69, 9.17) is 4.84 Å². The first kappa shape index (κ1) is 17.5. The molecule has 1 fully saturated rings. The largest absolute Gasteiger partial charge is 0.434 e. The normalized spacial score (nSPS) is 23.1. The minimum Gasteiger partial charge on any atom is -0.311 e. The van der Waals surface area contributed by atoms with Crippen molar-refractivity contribution in [1.29, 1.82) is 0 Å². The van der Waals surface area contributed by atoms with Crippen molar-refractivity contribution in [3.05, 3.63) is 12.2 Å². The topological polar surface area (TPSA) is 66.9 Å². The molecule has 0 aromatic carbocycles. The number of amides is 3. The average Bonchev–Trinajstić information content (AvgIpc) is 2.80. The van der Waals surface area contributed by atoms with Crippen molar-refractivity contribution in [2.45, 2.75) is 52.4 Å². The van der Waals surface area contributed by atoms with Crippen LogP contribution < -0.4 is 0 Å². The monoisotopic (exact) mass is 322 g/mol. The van der Waals surface area contributed by atoms with E-state index in [-0.39, 0.29) is 23.7 Å². The van der Waals surface area contributed by atoms with E-state index in [2.05, 4.69) is 13.8 Å². The zero-order valence-corrected chi connectivity index (χ0v) is 14.0. The Labute approximate surface area is 137 Å². The van der Waals surface area contributed by atoms with E-state index in [0.717, 1.165) is 25.7 Å². The Morgan fingerprint density at radius 2 is 1.57 bits per heavy atom. The fraction of sp³-hybridized carbons (Fsp3) is 0.706. The van der Waals surface area contributed by atoms with Crippen LogP contribution in [0.15, 0.2) is 12.2 Å². The molecule has 2 rings (SSSR count). The van der Waals surface area contributed by atoms with Crippen LogP contribution in [0.4, 0.5) is 4.79 Å². The highest BCUT2D eigenvalue weighted by Crippen LogP contribution is 2.35. The lowest BCUT2D eigenvalue weighted by molar-refractivity contribution is -0.175. The summed E-state index contributed by atoms with van der Waals surface area (Å²) in [5, 5.41) is 0.704. The average molecular weight is 322 g/mol. The maximum Gasteiger partial charge on any atom is 0.434 e. The molecule has 0 spiro atoms. The van der Waals surface area contributed by atoms with E-state index in [1.165, 1.54) is 0 Å². The SMILES string of the molecule is CCCCN(CCCC)C(=O)ON1C(=O)C2CC=CCC2C1=O. The fourth-order valence-corrected chi connectivity index (χ4v) is 2.99. The first-order valence-corrected chi connectivity index (χ1v) is 8.59. The van der Waals surface area contributed by atoms with Gasteiger partial charge < -0.3 is 9.74 Å². The molecule has 0 bridgehead atoms. The highest BCUT2D eigenvalue weighted by Gasteiger charge is 2.50. The van der Waals surface area contributed by atoms with Crippen molar-refractivity contribution in [2.24, 2.45) is 11.8 Å². The molecule has 1 saturated heterocycles. The van der Waals surface area contributed by atoms with Gasteiger partial charge >= 0.3 is 6.09 Å². The summed E-state index contributed by atoms with van der Waals surface area (Å²) in [6, 6.07) is 0. The van der Waals surface area contributed by atoms with Crippen LogP contribution in [0.2, 0.25) is 0 Å². The molecule has 6 heteroatoms. The zero-order valence-electron chi connectivity index (χ0n) is 14.0. The van der Waals surface area contributed by atoms with Crippen LogP contribution in [0.5, 0.6) is 0 Å². The third-order valence-electron chi connectivity index (χ3n) is 4.46. The molecule has 2 atom stereocenters. The smallest absolute Gasteiger partial charge is 0.311 e. The van der Waals surface area contributed by atoms with Crippen LogP contribution in [0, 0.1) is 11.8 Å². The zero-order chi connectivity index (χ0) is 16.8. The third-order valence-corrected chi connectivity index (χ3v) is 4.46. The van der Waals surface area contributed by atoms with Gasteiger partial charge in [0.1, 0.15) is 0 Å². The fourth-order valence-electron chi connectivity index (χ4n) is 2.99. The van der Waals surface area contributed by atoms with Crippen LogP contribution in [0.25, 0.3) is 0 Å². The number of nitrogens with zero attached hydrogens (tertiary/aromatic N) is 2. The van der Waals surface area contributed by atoms with Crippen molar-refractivity contribution in [1.82, 2.24) is 9.96 Å². The number of hydrogen-bond acceptors (Lipinski definition) is 4. The van der Waals surface area contributed by atoms with E-state index in [1.807, 2.05) is 12.2 Å². The molecule has 0 aromatic rings. The van der Waals surface area contributed by atoms with Gasteiger partial charge in [-0.05, 0) is 25.7 Å². The molecule has 0 saturated carbocycles. The van der Waals surface area contributed by atoms with E-state index in [9.17, 15) is 14.4 Å². The van der Waals surface area contributed by atoms with Gasteiger partial charge in [-0.1, -0.05) is 38.8 Å². The summed E-state index contributed by atoms with van der Waals surface area (Å²) in [5.74, 6) is -1.52. The van der Waals surface area contributed by atoms with E-state index in [0.29, 0.717) is 31.0 Å². The van der Waals surface area contributed by atoms with Gasteiger partial charge in [0.25, 0.3) is 11.8 Å². The van der Waals surface area contributed by atoms with Crippen molar-refractivity contribution < 1.29 is 19.2 Å². The minimum absolute atomic E-state index is 0.375. The molecule has 0 N–H and O–H groups in total. The first-order chi connectivity index (χ1) is 11.1. The van der Waals surface area contributed by atoms with Gasteiger partial charge in [0.2, 0.25) is 0 Å². The molecule has 0 radical (unpaired) electrons. The lowest BCUT2D eigenvalue weighted by atomic mass is 9.85. The molecular weight excluding hydrogens is 296 g/mol. The van der Waals surface area contributed by atoms with Crippen LogP contribution in [0.3, 0.4) is 0 Å². The van der Waals surface area contributed by atoms with E-state index < -0.39 is 6.09 Å². The molecule has 128 valence electrons. The van der Waals surface area contributed by atoms with E-state index >= 15 is 0 Å². The molecule has 6 nitrogen and oxygen atoms in total. The number of hydrogen-bond donors (Lipinski definition) is 0. The summed E-state index contributed by atoms with van der Waals surface area (Å²) in [4.78, 5) is 43.7. The minimum atomic E-state index is -0.597. The van der Waals surface area contributed by atoms with Gasteiger partial charge in [-0.15, -0.1) is 5.06 Å². The molecule has 1 heterocycles. The summed E-state index contributed by atoms with van der Waals surface area (Å²) in [5.41, 5.74) is 0. The summed E-state index contributed by atoms with van der Waals surface area (Å²) >= 11 is 0. The maximum absolute atomic E-state index is 12.3. The van der Waals surface area contributed by atoms with Gasteiger partial charge in [-0.25, -0.2) is 4.79 Å². The molecule has 23 heavy (non-hydrogen) atoms. The number of hydroxylamine groups is 2.